The number of hydrogen-bond donors (Lipinski definition) is 0. The fraction of sp³-hybridized carbons (Fsp3) is 0.562. The number of aryl methyl sites for hydroxylation is 1. The van der Waals surface area contributed by atoms with Gasteiger partial charge in [-0.3, -0.25) is 4.79 Å². The summed E-state index contributed by atoms with van der Waals surface area (Å²) in [6.07, 6.45) is 4.99. The summed E-state index contributed by atoms with van der Waals surface area (Å²) in [5, 5.41) is 0. The lowest BCUT2D eigenvalue weighted by Gasteiger charge is -2.02. The zero-order valence-electron chi connectivity index (χ0n) is 13.7. The Morgan fingerprint density at radius 1 is 1.19 bits per heavy atom. The molecule has 0 radical (unpaired) electrons. The minimum atomic E-state index is -1.35. The number of aldehydes is 1. The van der Waals surface area contributed by atoms with Gasteiger partial charge in [0.05, 0.1) is 0 Å². The smallest absolute Gasteiger partial charge is 0.203 e. The van der Waals surface area contributed by atoms with Crippen molar-refractivity contribution in [3.8, 4) is 5.75 Å². The zero-order chi connectivity index (χ0) is 16.3. The van der Waals surface area contributed by atoms with E-state index in [-0.39, 0.29) is 0 Å². The summed E-state index contributed by atoms with van der Waals surface area (Å²) in [7, 11) is 2.17. The molecule has 1 unspecified atom stereocenters. The van der Waals surface area contributed by atoms with Crippen LogP contribution in [0.5, 0.6) is 5.75 Å². The molecule has 2 rings (SSSR count). The molecule has 1 saturated heterocycles. The van der Waals surface area contributed by atoms with Gasteiger partial charge in [0.15, 0.2) is 0 Å². The fourth-order valence-corrected chi connectivity index (χ4v) is 2.27. The van der Waals surface area contributed by atoms with E-state index in [2.05, 4.69) is 11.9 Å². The molecule has 0 saturated carbocycles. The average molecular weight is 313 g/mol. The monoisotopic (exact) mass is 313 g/mol. The summed E-state index contributed by atoms with van der Waals surface area (Å²) in [4.78, 5) is 12.8. The number of hydrogen-bond acceptors (Lipinski definition) is 4. The molecule has 0 aliphatic carbocycles. The number of rotatable bonds is 3. The summed E-state index contributed by atoms with van der Waals surface area (Å²) in [6.45, 7) is 8.48. The summed E-state index contributed by atoms with van der Waals surface area (Å²) >= 11 is -1.35. The Labute approximate surface area is 131 Å². The largest absolute Gasteiger partial charge is 0.401 e. The number of likely N-dealkylation sites (tertiary alicyclic amines) is 1. The van der Waals surface area contributed by atoms with Crippen LogP contribution in [0.1, 0.15) is 42.6 Å². The Hall–Kier alpha value is -1.20. The second-order valence-electron chi connectivity index (χ2n) is 4.69. The summed E-state index contributed by atoms with van der Waals surface area (Å²) in [6, 6.07) is 5.02. The van der Waals surface area contributed by atoms with Crippen molar-refractivity contribution in [2.24, 2.45) is 0 Å². The van der Waals surface area contributed by atoms with Crippen LogP contribution >= 0.6 is 0 Å². The number of carbonyl (C=O) groups excluding carboxylic acids is 1. The van der Waals surface area contributed by atoms with Crippen molar-refractivity contribution in [1.29, 1.82) is 0 Å². The Kier molecular flexibility index (Phi) is 10.8. The van der Waals surface area contributed by atoms with E-state index in [1.165, 1.54) is 32.2 Å². The third-order valence-corrected chi connectivity index (χ3v) is 3.18. The van der Waals surface area contributed by atoms with Gasteiger partial charge in [0.2, 0.25) is 11.1 Å². The maximum atomic E-state index is 10.7. The molecule has 0 N–H and O–H groups in total. The first kappa shape index (κ1) is 19.8. The molecular weight excluding hydrogens is 286 g/mol. The van der Waals surface area contributed by atoms with Gasteiger partial charge < -0.3 is 9.08 Å². The SMILES string of the molecule is CC.CN1CCCC1.Cc1cc(C=O)cc(OS(C)=O)c1. The van der Waals surface area contributed by atoms with Crippen LogP contribution in [0.4, 0.5) is 0 Å². The fourth-order valence-electron chi connectivity index (χ4n) is 1.90. The molecule has 1 atom stereocenters. The molecule has 1 heterocycles. The van der Waals surface area contributed by atoms with Gasteiger partial charge in [-0.25, -0.2) is 4.21 Å². The van der Waals surface area contributed by atoms with Crippen molar-refractivity contribution in [2.45, 2.75) is 33.6 Å². The molecule has 4 nitrogen and oxygen atoms in total. The summed E-state index contributed by atoms with van der Waals surface area (Å²) < 4.78 is 15.7. The lowest BCUT2D eigenvalue weighted by molar-refractivity contribution is 0.112. The van der Waals surface area contributed by atoms with Crippen molar-refractivity contribution in [3.63, 3.8) is 0 Å². The highest BCUT2D eigenvalue weighted by Crippen LogP contribution is 2.16. The van der Waals surface area contributed by atoms with Crippen LogP contribution in [0.25, 0.3) is 0 Å². The Morgan fingerprint density at radius 3 is 2.14 bits per heavy atom. The third kappa shape index (κ3) is 9.37. The minimum Gasteiger partial charge on any atom is -0.401 e. The molecule has 1 aromatic rings. The number of benzene rings is 1. The van der Waals surface area contributed by atoms with E-state index in [0.717, 1.165) is 11.8 Å². The quantitative estimate of drug-likeness (QED) is 0.804. The molecule has 1 aliphatic heterocycles. The first-order valence-electron chi connectivity index (χ1n) is 7.28. The Bertz CT molecular complexity index is 443. The predicted octanol–water partition coefficient (Wildman–Crippen LogP) is 3.22. The highest BCUT2D eigenvalue weighted by molar-refractivity contribution is 7.79. The number of nitrogens with zero attached hydrogens (tertiary/aromatic N) is 1. The Morgan fingerprint density at radius 2 is 1.76 bits per heavy atom. The molecule has 0 spiro atoms. The first-order valence-corrected chi connectivity index (χ1v) is 8.76. The van der Waals surface area contributed by atoms with Crippen LogP contribution in [-0.2, 0) is 11.1 Å². The molecule has 1 fully saturated rings. The third-order valence-electron chi connectivity index (χ3n) is 2.75. The molecule has 0 bridgehead atoms. The highest BCUT2D eigenvalue weighted by atomic mass is 32.2. The van der Waals surface area contributed by atoms with Gasteiger partial charge >= 0.3 is 0 Å². The number of carbonyl (C=O) groups is 1. The van der Waals surface area contributed by atoms with Crippen LogP contribution in [0.3, 0.4) is 0 Å². The molecule has 0 aromatic heterocycles. The van der Waals surface area contributed by atoms with Gasteiger partial charge in [-0.15, -0.1) is 0 Å². The van der Waals surface area contributed by atoms with Gasteiger partial charge in [0.1, 0.15) is 12.0 Å². The van der Waals surface area contributed by atoms with Crippen LogP contribution in [0, 0.1) is 6.92 Å². The summed E-state index contributed by atoms with van der Waals surface area (Å²) in [5.74, 6) is 0.461. The Balaban J connectivity index is 0.000000416. The second-order valence-corrected chi connectivity index (χ2v) is 5.66. The van der Waals surface area contributed by atoms with Crippen LogP contribution in [0.15, 0.2) is 18.2 Å². The second kappa shape index (κ2) is 11.5. The minimum absolute atomic E-state index is 0.461. The van der Waals surface area contributed by atoms with E-state index in [0.29, 0.717) is 11.3 Å². The van der Waals surface area contributed by atoms with E-state index < -0.39 is 11.1 Å². The zero-order valence-corrected chi connectivity index (χ0v) is 14.5. The van der Waals surface area contributed by atoms with Crippen molar-refractivity contribution in [2.75, 3.05) is 26.4 Å². The molecule has 120 valence electrons. The van der Waals surface area contributed by atoms with E-state index in [4.69, 9.17) is 4.18 Å². The lowest BCUT2D eigenvalue weighted by Crippen LogP contribution is -2.10. The van der Waals surface area contributed by atoms with Crippen LogP contribution < -0.4 is 4.18 Å². The molecule has 5 heteroatoms. The van der Waals surface area contributed by atoms with Crippen molar-refractivity contribution >= 4 is 17.4 Å². The molecular formula is C16H27NO3S. The van der Waals surface area contributed by atoms with Crippen LogP contribution in [-0.4, -0.2) is 41.8 Å². The standard InChI is InChI=1S/C9H10O3S.C5H11N.C2H6/c1-7-3-8(6-10)5-9(4-7)12-13(2)11;1-6-4-2-3-5-6;1-2/h3-6H,1-2H3;2-5H2,1H3;1-2H3. The molecule has 0 amide bonds. The van der Waals surface area contributed by atoms with Crippen molar-refractivity contribution in [3.05, 3.63) is 29.3 Å². The van der Waals surface area contributed by atoms with Gasteiger partial charge in [-0.05, 0) is 63.7 Å². The molecule has 21 heavy (non-hydrogen) atoms. The average Bonchev–Trinajstić information content (AvgIpc) is 2.91. The lowest BCUT2D eigenvalue weighted by atomic mass is 10.1. The van der Waals surface area contributed by atoms with Crippen molar-refractivity contribution < 1.29 is 13.2 Å². The van der Waals surface area contributed by atoms with Gasteiger partial charge in [-0.1, -0.05) is 13.8 Å². The first-order chi connectivity index (χ1) is 10.0. The topological polar surface area (TPSA) is 46.6 Å². The van der Waals surface area contributed by atoms with Gasteiger partial charge in [0.25, 0.3) is 0 Å². The highest BCUT2D eigenvalue weighted by Gasteiger charge is 2.03. The summed E-state index contributed by atoms with van der Waals surface area (Å²) in [5.41, 5.74) is 1.44. The van der Waals surface area contributed by atoms with Crippen molar-refractivity contribution in [1.82, 2.24) is 4.90 Å². The van der Waals surface area contributed by atoms with Gasteiger partial charge in [-0.2, -0.15) is 0 Å². The molecule has 1 aromatic carbocycles. The maximum Gasteiger partial charge on any atom is 0.203 e. The normalized spacial score (nSPS) is 15.1. The van der Waals surface area contributed by atoms with E-state index in [1.807, 2.05) is 20.8 Å². The van der Waals surface area contributed by atoms with Crippen LogP contribution in [0.2, 0.25) is 0 Å². The van der Waals surface area contributed by atoms with E-state index in [1.54, 1.807) is 18.2 Å². The van der Waals surface area contributed by atoms with E-state index >= 15 is 0 Å². The van der Waals surface area contributed by atoms with Gasteiger partial charge in [0, 0.05) is 11.8 Å². The predicted molar refractivity (Wildman–Crippen MR) is 89.3 cm³/mol. The van der Waals surface area contributed by atoms with E-state index in [9.17, 15) is 9.00 Å². The maximum absolute atomic E-state index is 10.7. The molecule has 1 aliphatic rings.